The monoisotopic (exact) mass is 297 g/mol. The van der Waals surface area contributed by atoms with E-state index < -0.39 is 11.6 Å². The lowest BCUT2D eigenvalue weighted by atomic mass is 10.2. The highest BCUT2D eigenvalue weighted by molar-refractivity contribution is 5.23. The van der Waals surface area contributed by atoms with E-state index >= 15 is 0 Å². The van der Waals surface area contributed by atoms with Crippen molar-refractivity contribution in [2.24, 2.45) is 0 Å². The SMILES string of the molecule is CC(COc1ccc(F)c(F)c1)NC(CO)c1ccco1. The van der Waals surface area contributed by atoms with Crippen LogP contribution >= 0.6 is 0 Å². The van der Waals surface area contributed by atoms with E-state index in [1.807, 2.05) is 6.92 Å². The highest BCUT2D eigenvalue weighted by atomic mass is 19.2. The van der Waals surface area contributed by atoms with Crippen molar-refractivity contribution in [1.82, 2.24) is 5.32 Å². The van der Waals surface area contributed by atoms with Gasteiger partial charge in [0.2, 0.25) is 0 Å². The third-order valence-electron chi connectivity index (χ3n) is 2.95. The van der Waals surface area contributed by atoms with E-state index in [4.69, 9.17) is 9.15 Å². The van der Waals surface area contributed by atoms with E-state index in [1.165, 1.54) is 12.3 Å². The highest BCUT2D eigenvalue weighted by Gasteiger charge is 2.16. The summed E-state index contributed by atoms with van der Waals surface area (Å²) in [6.45, 7) is 1.97. The van der Waals surface area contributed by atoms with Gasteiger partial charge in [0.25, 0.3) is 0 Å². The summed E-state index contributed by atoms with van der Waals surface area (Å²) in [6.07, 6.45) is 1.53. The van der Waals surface area contributed by atoms with Crippen LogP contribution in [0.15, 0.2) is 41.0 Å². The van der Waals surface area contributed by atoms with E-state index in [1.54, 1.807) is 12.1 Å². The molecule has 0 aliphatic carbocycles. The third kappa shape index (κ3) is 4.27. The van der Waals surface area contributed by atoms with Crippen LogP contribution in [0, 0.1) is 11.6 Å². The predicted octanol–water partition coefficient (Wildman–Crippen LogP) is 2.65. The van der Waals surface area contributed by atoms with Crippen molar-refractivity contribution < 1.29 is 23.0 Å². The Kier molecular flexibility index (Phi) is 5.30. The second-order valence-corrected chi connectivity index (χ2v) is 4.71. The van der Waals surface area contributed by atoms with Crippen LogP contribution < -0.4 is 10.1 Å². The first kappa shape index (κ1) is 15.5. The van der Waals surface area contributed by atoms with Crippen molar-refractivity contribution in [3.63, 3.8) is 0 Å². The number of aliphatic hydroxyl groups excluding tert-OH is 1. The first-order chi connectivity index (χ1) is 10.1. The number of rotatable bonds is 7. The Bertz CT molecular complexity index is 560. The summed E-state index contributed by atoms with van der Waals surface area (Å²) in [6, 6.07) is 6.41. The van der Waals surface area contributed by atoms with Gasteiger partial charge in [0, 0.05) is 12.1 Å². The summed E-state index contributed by atoms with van der Waals surface area (Å²) >= 11 is 0. The maximum absolute atomic E-state index is 13.0. The van der Waals surface area contributed by atoms with Crippen molar-refractivity contribution in [1.29, 1.82) is 0 Å². The molecule has 0 spiro atoms. The minimum atomic E-state index is -0.947. The molecule has 2 unspecified atom stereocenters. The number of ether oxygens (including phenoxy) is 1. The van der Waals surface area contributed by atoms with Crippen LogP contribution in [0.3, 0.4) is 0 Å². The molecule has 0 amide bonds. The van der Waals surface area contributed by atoms with Crippen LogP contribution in [0.5, 0.6) is 5.75 Å². The molecule has 1 aromatic heterocycles. The van der Waals surface area contributed by atoms with E-state index in [9.17, 15) is 13.9 Å². The maximum atomic E-state index is 13.0. The Hall–Kier alpha value is -1.92. The smallest absolute Gasteiger partial charge is 0.162 e. The summed E-state index contributed by atoms with van der Waals surface area (Å²) < 4.78 is 36.4. The standard InChI is InChI=1S/C15H17F2NO3/c1-10(18-14(8-19)15-3-2-6-20-15)9-21-11-4-5-12(16)13(17)7-11/h2-7,10,14,18-19H,8-9H2,1H3. The largest absolute Gasteiger partial charge is 0.492 e. The molecule has 2 aromatic rings. The van der Waals surface area contributed by atoms with Gasteiger partial charge in [0.1, 0.15) is 18.1 Å². The topological polar surface area (TPSA) is 54.6 Å². The van der Waals surface area contributed by atoms with Crippen LogP contribution in [-0.2, 0) is 0 Å². The molecule has 4 nitrogen and oxygen atoms in total. The molecule has 0 bridgehead atoms. The highest BCUT2D eigenvalue weighted by Crippen LogP contribution is 2.17. The van der Waals surface area contributed by atoms with Gasteiger partial charge in [-0.15, -0.1) is 0 Å². The number of furan rings is 1. The fourth-order valence-corrected chi connectivity index (χ4v) is 1.89. The van der Waals surface area contributed by atoms with Gasteiger partial charge in [0.05, 0.1) is 18.9 Å². The van der Waals surface area contributed by atoms with Crippen molar-refractivity contribution in [2.75, 3.05) is 13.2 Å². The molecule has 1 aromatic carbocycles. The molecule has 114 valence electrons. The van der Waals surface area contributed by atoms with E-state index in [0.717, 1.165) is 12.1 Å². The van der Waals surface area contributed by atoms with E-state index in [0.29, 0.717) is 5.76 Å². The normalized spacial score (nSPS) is 13.9. The predicted molar refractivity (Wildman–Crippen MR) is 73.0 cm³/mol. The van der Waals surface area contributed by atoms with Crippen LogP contribution in [0.1, 0.15) is 18.7 Å². The number of aliphatic hydroxyl groups is 1. The quantitative estimate of drug-likeness (QED) is 0.825. The van der Waals surface area contributed by atoms with Gasteiger partial charge < -0.3 is 14.3 Å². The van der Waals surface area contributed by atoms with Gasteiger partial charge in [0.15, 0.2) is 11.6 Å². The van der Waals surface area contributed by atoms with Gasteiger partial charge >= 0.3 is 0 Å². The van der Waals surface area contributed by atoms with Crippen molar-refractivity contribution in [3.8, 4) is 5.75 Å². The molecular weight excluding hydrogens is 280 g/mol. The van der Waals surface area contributed by atoms with Gasteiger partial charge in [-0.05, 0) is 31.2 Å². The number of hydrogen-bond donors (Lipinski definition) is 2. The zero-order valence-corrected chi connectivity index (χ0v) is 11.6. The van der Waals surface area contributed by atoms with Gasteiger partial charge in [-0.2, -0.15) is 0 Å². The molecule has 0 aliphatic rings. The average Bonchev–Trinajstić information content (AvgIpc) is 3.00. The number of hydrogen-bond acceptors (Lipinski definition) is 4. The fraction of sp³-hybridized carbons (Fsp3) is 0.333. The zero-order valence-electron chi connectivity index (χ0n) is 11.6. The fourth-order valence-electron chi connectivity index (χ4n) is 1.89. The third-order valence-corrected chi connectivity index (χ3v) is 2.95. The Morgan fingerprint density at radius 3 is 2.71 bits per heavy atom. The molecule has 2 rings (SSSR count). The van der Waals surface area contributed by atoms with Gasteiger partial charge in [-0.1, -0.05) is 0 Å². The summed E-state index contributed by atoms with van der Waals surface area (Å²) in [5.41, 5.74) is 0. The Balaban J connectivity index is 1.86. The van der Waals surface area contributed by atoms with E-state index in [2.05, 4.69) is 5.32 Å². The second kappa shape index (κ2) is 7.19. The summed E-state index contributed by atoms with van der Waals surface area (Å²) in [4.78, 5) is 0. The Morgan fingerprint density at radius 1 is 1.29 bits per heavy atom. The molecule has 0 saturated heterocycles. The van der Waals surface area contributed by atoms with E-state index in [-0.39, 0.29) is 31.0 Å². The van der Waals surface area contributed by atoms with Crippen LogP contribution in [0.25, 0.3) is 0 Å². The minimum absolute atomic E-state index is 0.122. The molecule has 2 atom stereocenters. The maximum Gasteiger partial charge on any atom is 0.162 e. The lowest BCUT2D eigenvalue weighted by Crippen LogP contribution is -2.36. The Labute approximate surface area is 121 Å². The van der Waals surface area contributed by atoms with Crippen LogP contribution in [-0.4, -0.2) is 24.4 Å². The lowest BCUT2D eigenvalue weighted by molar-refractivity contribution is 0.195. The van der Waals surface area contributed by atoms with Crippen molar-refractivity contribution >= 4 is 0 Å². The van der Waals surface area contributed by atoms with Crippen molar-refractivity contribution in [2.45, 2.75) is 19.0 Å². The van der Waals surface area contributed by atoms with Crippen molar-refractivity contribution in [3.05, 3.63) is 54.0 Å². The molecule has 0 aliphatic heterocycles. The number of halogens is 2. The molecule has 0 radical (unpaired) electrons. The molecular formula is C15H17F2NO3. The molecule has 6 heteroatoms. The Morgan fingerprint density at radius 2 is 2.10 bits per heavy atom. The molecule has 1 heterocycles. The second-order valence-electron chi connectivity index (χ2n) is 4.71. The lowest BCUT2D eigenvalue weighted by Gasteiger charge is -2.20. The first-order valence-electron chi connectivity index (χ1n) is 6.58. The number of benzene rings is 1. The van der Waals surface area contributed by atoms with Crippen LogP contribution in [0.2, 0.25) is 0 Å². The van der Waals surface area contributed by atoms with Gasteiger partial charge in [-0.3, -0.25) is 5.32 Å². The molecule has 2 N–H and O–H groups in total. The van der Waals surface area contributed by atoms with Gasteiger partial charge in [-0.25, -0.2) is 8.78 Å². The first-order valence-corrected chi connectivity index (χ1v) is 6.58. The minimum Gasteiger partial charge on any atom is -0.492 e. The zero-order chi connectivity index (χ0) is 15.2. The number of nitrogens with one attached hydrogen (secondary N) is 1. The summed E-state index contributed by atoms with van der Waals surface area (Å²) in [5.74, 6) is -0.984. The molecule has 21 heavy (non-hydrogen) atoms. The summed E-state index contributed by atoms with van der Waals surface area (Å²) in [7, 11) is 0. The summed E-state index contributed by atoms with van der Waals surface area (Å²) in [5, 5.41) is 12.5. The average molecular weight is 297 g/mol. The molecule has 0 saturated carbocycles. The van der Waals surface area contributed by atoms with Crippen LogP contribution in [0.4, 0.5) is 8.78 Å². The molecule has 0 fully saturated rings.